The minimum Gasteiger partial charge on any atom is -0.497 e. The van der Waals surface area contributed by atoms with Crippen molar-refractivity contribution >= 4 is 29.9 Å². The van der Waals surface area contributed by atoms with Gasteiger partial charge in [-0.25, -0.2) is 0 Å². The first-order valence-electron chi connectivity index (χ1n) is 8.78. The predicted octanol–water partition coefficient (Wildman–Crippen LogP) is 2.83. The van der Waals surface area contributed by atoms with Gasteiger partial charge in [-0.05, 0) is 30.5 Å². The average Bonchev–Trinajstić information content (AvgIpc) is 3.05. The molecule has 2 N–H and O–H groups in total. The van der Waals surface area contributed by atoms with E-state index in [2.05, 4.69) is 41.6 Å². The fraction of sp³-hybridized carbons (Fsp3) is 0.632. The van der Waals surface area contributed by atoms with E-state index in [1.807, 2.05) is 19.2 Å². The molecule has 0 aromatic heterocycles. The highest BCUT2D eigenvalue weighted by atomic mass is 127. The molecule has 2 aliphatic rings. The molecule has 0 spiro atoms. The molecule has 2 fully saturated rings. The third-order valence-electron chi connectivity index (χ3n) is 5.48. The van der Waals surface area contributed by atoms with E-state index in [9.17, 15) is 0 Å². The molecule has 0 bridgehead atoms. The molecule has 0 radical (unpaired) electrons. The molecule has 1 heterocycles. The van der Waals surface area contributed by atoms with Crippen LogP contribution in [-0.2, 0) is 11.2 Å². The zero-order chi connectivity index (χ0) is 17.2. The summed E-state index contributed by atoms with van der Waals surface area (Å²) in [7, 11) is 3.52. The largest absolute Gasteiger partial charge is 0.497 e. The first-order valence-corrected chi connectivity index (χ1v) is 8.78. The fourth-order valence-corrected chi connectivity index (χ4v) is 4.08. The molecule has 1 aromatic carbocycles. The second-order valence-corrected chi connectivity index (χ2v) is 7.28. The Labute approximate surface area is 168 Å². The van der Waals surface area contributed by atoms with Crippen molar-refractivity contribution in [2.75, 3.05) is 27.3 Å². The summed E-state index contributed by atoms with van der Waals surface area (Å²) in [6.07, 6.45) is 2.50. The second-order valence-electron chi connectivity index (χ2n) is 7.28. The van der Waals surface area contributed by atoms with Crippen molar-refractivity contribution in [3.63, 3.8) is 0 Å². The lowest BCUT2D eigenvalue weighted by molar-refractivity contribution is -0.106. The molecule has 1 aromatic rings. The van der Waals surface area contributed by atoms with Crippen LogP contribution in [0.25, 0.3) is 0 Å². The SMILES string of the molecule is CN=C(NCCc1ccc(OC)cc1)NC1C2CCOC2C1(C)C.I. The van der Waals surface area contributed by atoms with E-state index in [0.29, 0.717) is 18.1 Å². The maximum atomic E-state index is 5.86. The number of aliphatic imine (C=N–C) groups is 1. The van der Waals surface area contributed by atoms with Crippen molar-refractivity contribution in [3.8, 4) is 5.75 Å². The lowest BCUT2D eigenvalue weighted by Gasteiger charge is -2.54. The second kappa shape index (κ2) is 8.58. The quantitative estimate of drug-likeness (QED) is 0.404. The summed E-state index contributed by atoms with van der Waals surface area (Å²) in [5.74, 6) is 2.39. The molecule has 3 atom stereocenters. The third kappa shape index (κ3) is 4.22. The number of halogens is 1. The standard InChI is InChI=1S/C19H29N3O2.HI/c1-19(2)16(15-10-12-24-17(15)19)22-18(20-3)21-11-9-13-5-7-14(23-4)8-6-13;/h5-8,15-17H,9-12H2,1-4H3,(H2,20,21,22);1H. The van der Waals surface area contributed by atoms with Gasteiger partial charge in [-0.15, -0.1) is 24.0 Å². The number of nitrogens with zero attached hydrogens (tertiary/aromatic N) is 1. The normalized spacial score (nSPS) is 26.9. The highest BCUT2D eigenvalue weighted by molar-refractivity contribution is 14.0. The van der Waals surface area contributed by atoms with Crippen molar-refractivity contribution in [1.29, 1.82) is 0 Å². The molecule has 0 amide bonds. The fourth-order valence-electron chi connectivity index (χ4n) is 4.08. The first kappa shape index (κ1) is 20.3. The molecule has 3 rings (SSSR count). The van der Waals surface area contributed by atoms with Crippen molar-refractivity contribution in [2.45, 2.75) is 38.8 Å². The summed E-state index contributed by atoms with van der Waals surface area (Å²) in [6.45, 7) is 6.30. The monoisotopic (exact) mass is 459 g/mol. The summed E-state index contributed by atoms with van der Waals surface area (Å²) in [6, 6.07) is 8.63. The van der Waals surface area contributed by atoms with Crippen LogP contribution in [0.15, 0.2) is 29.3 Å². The Kier molecular flexibility index (Phi) is 6.96. The van der Waals surface area contributed by atoms with E-state index in [-0.39, 0.29) is 29.4 Å². The molecule has 25 heavy (non-hydrogen) atoms. The molecular weight excluding hydrogens is 429 g/mol. The smallest absolute Gasteiger partial charge is 0.191 e. The Balaban J connectivity index is 0.00000225. The minimum absolute atomic E-state index is 0. The van der Waals surface area contributed by atoms with Crippen LogP contribution in [0.4, 0.5) is 0 Å². The van der Waals surface area contributed by atoms with Crippen LogP contribution in [0, 0.1) is 11.3 Å². The number of ether oxygens (including phenoxy) is 2. The van der Waals surface area contributed by atoms with Gasteiger partial charge in [0.15, 0.2) is 5.96 Å². The number of rotatable bonds is 5. The number of fused-ring (bicyclic) bond motifs is 1. The van der Waals surface area contributed by atoms with Gasteiger partial charge in [-0.1, -0.05) is 26.0 Å². The van der Waals surface area contributed by atoms with Gasteiger partial charge in [0.05, 0.1) is 13.2 Å². The molecule has 1 saturated carbocycles. The van der Waals surface area contributed by atoms with E-state index in [1.54, 1.807) is 7.11 Å². The lowest BCUT2D eigenvalue weighted by atomic mass is 9.57. The van der Waals surface area contributed by atoms with Crippen LogP contribution in [-0.4, -0.2) is 45.4 Å². The summed E-state index contributed by atoms with van der Waals surface area (Å²) in [4.78, 5) is 4.38. The minimum atomic E-state index is 0. The summed E-state index contributed by atoms with van der Waals surface area (Å²) >= 11 is 0. The van der Waals surface area contributed by atoms with E-state index < -0.39 is 0 Å². The summed E-state index contributed by atoms with van der Waals surface area (Å²) in [5, 5.41) is 7.04. The van der Waals surface area contributed by atoms with Gasteiger partial charge in [0.25, 0.3) is 0 Å². The van der Waals surface area contributed by atoms with Gasteiger partial charge < -0.3 is 20.1 Å². The number of benzene rings is 1. The Bertz CT molecular complexity index is 589. The molecule has 1 saturated heterocycles. The van der Waals surface area contributed by atoms with Crippen molar-refractivity contribution < 1.29 is 9.47 Å². The molecule has 5 nitrogen and oxygen atoms in total. The number of guanidine groups is 1. The van der Waals surface area contributed by atoms with Crippen LogP contribution in [0.1, 0.15) is 25.8 Å². The van der Waals surface area contributed by atoms with Crippen molar-refractivity contribution in [3.05, 3.63) is 29.8 Å². The van der Waals surface area contributed by atoms with Gasteiger partial charge in [0.2, 0.25) is 0 Å². The Morgan fingerprint density at radius 2 is 2.04 bits per heavy atom. The predicted molar refractivity (Wildman–Crippen MR) is 112 cm³/mol. The molecule has 3 unspecified atom stereocenters. The van der Waals surface area contributed by atoms with Crippen LogP contribution >= 0.6 is 24.0 Å². The number of hydrogen-bond acceptors (Lipinski definition) is 3. The van der Waals surface area contributed by atoms with Crippen molar-refractivity contribution in [1.82, 2.24) is 10.6 Å². The summed E-state index contributed by atoms with van der Waals surface area (Å²) < 4.78 is 11.1. The van der Waals surface area contributed by atoms with Crippen LogP contribution in [0.3, 0.4) is 0 Å². The number of hydrogen-bond donors (Lipinski definition) is 2. The average molecular weight is 459 g/mol. The van der Waals surface area contributed by atoms with Crippen LogP contribution in [0.5, 0.6) is 5.75 Å². The zero-order valence-corrected chi connectivity index (χ0v) is 17.9. The third-order valence-corrected chi connectivity index (χ3v) is 5.48. The molecule has 6 heteroatoms. The topological polar surface area (TPSA) is 54.9 Å². The van der Waals surface area contributed by atoms with E-state index >= 15 is 0 Å². The van der Waals surface area contributed by atoms with Crippen molar-refractivity contribution in [2.24, 2.45) is 16.3 Å². The van der Waals surface area contributed by atoms with Gasteiger partial charge in [-0.2, -0.15) is 0 Å². The molecular formula is C19H30IN3O2. The zero-order valence-electron chi connectivity index (χ0n) is 15.5. The summed E-state index contributed by atoms with van der Waals surface area (Å²) in [5.41, 5.74) is 1.45. The highest BCUT2D eigenvalue weighted by Crippen LogP contribution is 2.52. The van der Waals surface area contributed by atoms with Gasteiger partial charge >= 0.3 is 0 Å². The van der Waals surface area contributed by atoms with Gasteiger partial charge in [-0.3, -0.25) is 4.99 Å². The Morgan fingerprint density at radius 3 is 2.68 bits per heavy atom. The van der Waals surface area contributed by atoms with Crippen LogP contribution in [0.2, 0.25) is 0 Å². The highest BCUT2D eigenvalue weighted by Gasteiger charge is 2.59. The van der Waals surface area contributed by atoms with E-state index in [1.165, 1.54) is 5.56 Å². The van der Waals surface area contributed by atoms with Gasteiger partial charge in [0, 0.05) is 37.6 Å². The van der Waals surface area contributed by atoms with E-state index in [4.69, 9.17) is 9.47 Å². The van der Waals surface area contributed by atoms with Crippen LogP contribution < -0.4 is 15.4 Å². The molecule has 140 valence electrons. The Hall–Kier alpha value is -1.02. The van der Waals surface area contributed by atoms with Gasteiger partial charge in [0.1, 0.15) is 5.75 Å². The Morgan fingerprint density at radius 1 is 1.32 bits per heavy atom. The van der Waals surface area contributed by atoms with E-state index in [0.717, 1.165) is 37.7 Å². The maximum Gasteiger partial charge on any atom is 0.191 e. The maximum absolute atomic E-state index is 5.86. The lowest BCUT2D eigenvalue weighted by Crippen LogP contribution is -2.68. The number of nitrogens with one attached hydrogen (secondary N) is 2. The number of methoxy groups -OCH3 is 1. The molecule has 1 aliphatic heterocycles. The molecule has 1 aliphatic carbocycles. The first-order chi connectivity index (χ1) is 11.6.